The molecule has 0 aliphatic carbocycles. The molecule has 0 amide bonds. The lowest BCUT2D eigenvalue weighted by Gasteiger charge is -2.10. The van der Waals surface area contributed by atoms with Gasteiger partial charge in [0.15, 0.2) is 0 Å². The van der Waals surface area contributed by atoms with Gasteiger partial charge in [-0.1, -0.05) is 30.8 Å². The fraction of sp³-hybridized carbons (Fsp3) is 0.235. The van der Waals surface area contributed by atoms with Crippen molar-refractivity contribution < 1.29 is 14.3 Å². The highest BCUT2D eigenvalue weighted by Gasteiger charge is 2.22. The van der Waals surface area contributed by atoms with Crippen LogP contribution in [0.2, 0.25) is 0 Å². The van der Waals surface area contributed by atoms with Crippen LogP contribution < -0.4 is 0 Å². The van der Waals surface area contributed by atoms with Crippen molar-refractivity contribution in [1.82, 2.24) is 9.97 Å². The Labute approximate surface area is 146 Å². The van der Waals surface area contributed by atoms with Gasteiger partial charge >= 0.3 is 5.97 Å². The van der Waals surface area contributed by atoms with Crippen molar-refractivity contribution >= 4 is 39.3 Å². The van der Waals surface area contributed by atoms with Crippen LogP contribution in [-0.4, -0.2) is 26.3 Å². The van der Waals surface area contributed by atoms with E-state index in [4.69, 9.17) is 0 Å². The van der Waals surface area contributed by atoms with E-state index < -0.39 is 11.2 Å². The number of rotatable bonds is 5. The first kappa shape index (κ1) is 16.9. The zero-order valence-electron chi connectivity index (χ0n) is 13.1. The Hall–Kier alpha value is -1.99. The van der Waals surface area contributed by atoms with Gasteiger partial charge in [0.2, 0.25) is 0 Å². The molecular weight excluding hydrogens is 347 g/mol. The van der Waals surface area contributed by atoms with Crippen LogP contribution in [0.25, 0.3) is 21.3 Å². The second kappa shape index (κ2) is 6.86. The summed E-state index contributed by atoms with van der Waals surface area (Å²) in [6.45, 7) is 3.82. The zero-order chi connectivity index (χ0) is 17.3. The Morgan fingerprint density at radius 2 is 2.04 bits per heavy atom. The number of hydrogen-bond acceptors (Lipinski definition) is 5. The van der Waals surface area contributed by atoms with Gasteiger partial charge in [-0.05, 0) is 31.0 Å². The van der Waals surface area contributed by atoms with E-state index in [0.717, 1.165) is 26.2 Å². The third-order valence-electron chi connectivity index (χ3n) is 3.66. The van der Waals surface area contributed by atoms with E-state index in [9.17, 15) is 14.3 Å². The summed E-state index contributed by atoms with van der Waals surface area (Å²) in [7, 11) is 0. The molecule has 0 spiro atoms. The maximum absolute atomic E-state index is 13.2. The van der Waals surface area contributed by atoms with Crippen molar-refractivity contribution in [3.05, 3.63) is 41.3 Å². The van der Waals surface area contributed by atoms with Crippen molar-refractivity contribution in [2.45, 2.75) is 30.5 Å². The van der Waals surface area contributed by atoms with Gasteiger partial charge in [0, 0.05) is 10.4 Å². The number of thiophene rings is 1. The first-order valence-corrected chi connectivity index (χ1v) is 9.10. The van der Waals surface area contributed by atoms with Crippen LogP contribution in [0.3, 0.4) is 0 Å². The number of carbonyl (C=O) groups is 1. The Balaban J connectivity index is 2.17. The zero-order valence-corrected chi connectivity index (χ0v) is 14.7. The van der Waals surface area contributed by atoms with Crippen LogP contribution in [0.4, 0.5) is 4.39 Å². The number of hydrogen-bond donors (Lipinski definition) is 1. The molecule has 3 rings (SSSR count). The molecule has 0 bridgehead atoms. The minimum absolute atomic E-state index is 0.293. The van der Waals surface area contributed by atoms with E-state index in [1.54, 1.807) is 12.1 Å². The van der Waals surface area contributed by atoms with Gasteiger partial charge in [-0.25, -0.2) is 14.4 Å². The summed E-state index contributed by atoms with van der Waals surface area (Å²) in [6.07, 6.45) is 1.96. The molecule has 0 aliphatic rings. The maximum atomic E-state index is 13.2. The van der Waals surface area contributed by atoms with E-state index >= 15 is 0 Å². The van der Waals surface area contributed by atoms with Crippen molar-refractivity contribution in [2.75, 3.05) is 0 Å². The van der Waals surface area contributed by atoms with E-state index in [0.29, 0.717) is 11.4 Å². The molecule has 7 heteroatoms. The number of fused-ring (bicyclic) bond motifs is 1. The summed E-state index contributed by atoms with van der Waals surface area (Å²) in [5.41, 5.74) is 1.82. The van der Waals surface area contributed by atoms with E-state index in [2.05, 4.69) is 9.97 Å². The summed E-state index contributed by atoms with van der Waals surface area (Å²) >= 11 is 2.76. The average Bonchev–Trinajstić information content (AvgIpc) is 2.89. The fourth-order valence-electron chi connectivity index (χ4n) is 2.51. The lowest BCUT2D eigenvalue weighted by Crippen LogP contribution is -2.15. The molecule has 1 N–H and O–H groups in total. The first-order valence-electron chi connectivity index (χ1n) is 7.40. The Morgan fingerprint density at radius 3 is 2.67 bits per heavy atom. The number of nitrogens with zero attached hydrogens (tertiary/aromatic N) is 2. The second-order valence-corrected chi connectivity index (χ2v) is 7.65. The lowest BCUT2D eigenvalue weighted by molar-refractivity contribution is -0.136. The van der Waals surface area contributed by atoms with Crippen molar-refractivity contribution in [1.29, 1.82) is 0 Å². The number of benzene rings is 1. The van der Waals surface area contributed by atoms with Gasteiger partial charge in [-0.15, -0.1) is 11.3 Å². The molecule has 0 aliphatic heterocycles. The Morgan fingerprint density at radius 1 is 1.33 bits per heavy atom. The topological polar surface area (TPSA) is 63.1 Å². The minimum atomic E-state index is -0.857. The smallest absolute Gasteiger partial charge is 0.317 e. The maximum Gasteiger partial charge on any atom is 0.317 e. The summed E-state index contributed by atoms with van der Waals surface area (Å²) in [6, 6.07) is 6.28. The van der Waals surface area contributed by atoms with Crippen LogP contribution in [0.1, 0.15) is 18.2 Å². The van der Waals surface area contributed by atoms with Crippen molar-refractivity contribution in [2.24, 2.45) is 0 Å². The quantitative estimate of drug-likeness (QED) is 0.524. The number of carboxylic acid groups (broad SMARTS) is 1. The third-order valence-corrected chi connectivity index (χ3v) is 6.03. The number of thioether (sulfide) groups is 1. The molecule has 0 radical (unpaired) electrons. The summed E-state index contributed by atoms with van der Waals surface area (Å²) < 4.78 is 13.2. The Kier molecular flexibility index (Phi) is 4.82. The highest BCUT2D eigenvalue weighted by Crippen LogP contribution is 2.42. The molecule has 0 saturated heterocycles. The van der Waals surface area contributed by atoms with Gasteiger partial charge in [0.25, 0.3) is 0 Å². The predicted molar refractivity (Wildman–Crippen MR) is 95.1 cm³/mol. The van der Waals surface area contributed by atoms with Gasteiger partial charge in [-0.2, -0.15) is 0 Å². The van der Waals surface area contributed by atoms with Crippen molar-refractivity contribution in [3.8, 4) is 11.1 Å². The summed E-state index contributed by atoms with van der Waals surface area (Å²) in [4.78, 5) is 21.9. The molecule has 1 atom stereocenters. The predicted octanol–water partition coefficient (Wildman–Crippen LogP) is 4.76. The molecule has 3 aromatic rings. The number of aromatic nitrogens is 2. The van der Waals surface area contributed by atoms with Crippen LogP contribution in [0.15, 0.2) is 35.6 Å². The Bertz CT molecular complexity index is 893. The normalized spacial score (nSPS) is 12.5. The van der Waals surface area contributed by atoms with Gasteiger partial charge in [0.1, 0.15) is 27.3 Å². The largest absolute Gasteiger partial charge is 0.480 e. The van der Waals surface area contributed by atoms with Crippen LogP contribution >= 0.6 is 23.1 Å². The van der Waals surface area contributed by atoms with E-state index in [-0.39, 0.29) is 5.82 Å². The minimum Gasteiger partial charge on any atom is -0.480 e. The molecular formula is C17H15FN2O2S2. The van der Waals surface area contributed by atoms with Gasteiger partial charge in [0.05, 0.1) is 5.39 Å². The third kappa shape index (κ3) is 3.14. The van der Waals surface area contributed by atoms with Gasteiger partial charge in [-0.3, -0.25) is 4.79 Å². The highest BCUT2D eigenvalue weighted by atomic mass is 32.2. The monoisotopic (exact) mass is 362 g/mol. The van der Waals surface area contributed by atoms with E-state index in [1.165, 1.54) is 41.6 Å². The molecule has 1 unspecified atom stereocenters. The molecule has 4 nitrogen and oxygen atoms in total. The summed E-state index contributed by atoms with van der Waals surface area (Å²) in [5.74, 6) is -1.15. The van der Waals surface area contributed by atoms with Crippen LogP contribution in [0.5, 0.6) is 0 Å². The van der Waals surface area contributed by atoms with Crippen LogP contribution in [0, 0.1) is 12.7 Å². The summed E-state index contributed by atoms with van der Waals surface area (Å²) in [5, 5.41) is 10.3. The van der Waals surface area contributed by atoms with Crippen molar-refractivity contribution in [3.63, 3.8) is 0 Å². The molecule has 1 aromatic carbocycles. The number of halogens is 1. The second-order valence-electron chi connectivity index (χ2n) is 5.25. The van der Waals surface area contributed by atoms with Crippen LogP contribution in [-0.2, 0) is 4.79 Å². The molecule has 0 fully saturated rings. The lowest BCUT2D eigenvalue weighted by atomic mass is 10.0. The number of aryl methyl sites for hydroxylation is 1. The number of aliphatic carboxylic acids is 1. The standard InChI is InChI=1S/C17H15FN2O2S2/c1-3-12(17(21)22)24-16-14-13(10-4-6-11(18)7-5-10)9(2)23-15(14)19-8-20-16/h4-8,12H,3H2,1-2H3,(H,21,22). The average molecular weight is 362 g/mol. The number of carboxylic acids is 1. The molecule has 0 saturated carbocycles. The SMILES string of the molecule is CCC(Sc1ncnc2sc(C)c(-c3ccc(F)cc3)c12)C(=O)O. The fourth-order valence-corrected chi connectivity index (χ4v) is 4.55. The molecule has 2 aromatic heterocycles. The van der Waals surface area contributed by atoms with Gasteiger partial charge < -0.3 is 5.11 Å². The first-order chi connectivity index (χ1) is 11.5. The molecule has 24 heavy (non-hydrogen) atoms. The highest BCUT2D eigenvalue weighted by molar-refractivity contribution is 8.00. The molecule has 124 valence electrons. The molecule has 2 heterocycles. The van der Waals surface area contributed by atoms with E-state index in [1.807, 2.05) is 13.8 Å².